The molecule has 0 atom stereocenters. The zero-order chi connectivity index (χ0) is 20.3. The van der Waals surface area contributed by atoms with Gasteiger partial charge in [-0.1, -0.05) is 41.6 Å². The van der Waals surface area contributed by atoms with Crippen molar-refractivity contribution < 1.29 is 17.9 Å². The number of nitrogen functional groups attached to an aromatic ring is 1. The summed E-state index contributed by atoms with van der Waals surface area (Å²) in [5, 5.41) is 4.83. The van der Waals surface area contributed by atoms with E-state index in [2.05, 4.69) is 14.8 Å². The highest BCUT2D eigenvalue weighted by molar-refractivity contribution is 7.98. The Labute approximate surface area is 170 Å². The van der Waals surface area contributed by atoms with E-state index in [1.807, 2.05) is 12.1 Å². The maximum Gasteiger partial charge on any atom is 0.337 e. The molecular formula is C17H15ClN4O4S2. The molecule has 2 N–H and O–H groups in total. The normalized spacial score (nSPS) is 11.4. The first kappa shape index (κ1) is 20.2. The second-order valence-corrected chi connectivity index (χ2v) is 8.68. The van der Waals surface area contributed by atoms with Crippen LogP contribution >= 0.6 is 23.4 Å². The van der Waals surface area contributed by atoms with Gasteiger partial charge in [-0.15, -0.1) is 9.19 Å². The average molecular weight is 439 g/mol. The van der Waals surface area contributed by atoms with Crippen LogP contribution < -0.4 is 5.73 Å². The van der Waals surface area contributed by atoms with Gasteiger partial charge in [0.2, 0.25) is 11.1 Å². The van der Waals surface area contributed by atoms with E-state index >= 15 is 0 Å². The maximum absolute atomic E-state index is 12.8. The molecule has 0 spiro atoms. The van der Waals surface area contributed by atoms with Gasteiger partial charge in [0.25, 0.3) is 10.0 Å². The quantitative estimate of drug-likeness (QED) is 0.461. The summed E-state index contributed by atoms with van der Waals surface area (Å²) in [6.45, 7) is 0. The van der Waals surface area contributed by atoms with E-state index < -0.39 is 16.0 Å². The Hall–Kier alpha value is -2.56. The summed E-state index contributed by atoms with van der Waals surface area (Å²) < 4.78 is 31.0. The van der Waals surface area contributed by atoms with Gasteiger partial charge in [0.15, 0.2) is 0 Å². The van der Waals surface area contributed by atoms with Crippen LogP contribution in [0.1, 0.15) is 15.9 Å². The Morgan fingerprint density at radius 2 is 1.96 bits per heavy atom. The molecule has 8 nitrogen and oxygen atoms in total. The van der Waals surface area contributed by atoms with E-state index in [0.29, 0.717) is 14.9 Å². The van der Waals surface area contributed by atoms with E-state index in [4.69, 9.17) is 17.3 Å². The number of carbonyl (C=O) groups excluding carboxylic acids is 1. The Morgan fingerprint density at radius 3 is 2.64 bits per heavy atom. The molecule has 1 aromatic heterocycles. The molecule has 3 rings (SSSR count). The predicted octanol–water partition coefficient (Wildman–Crippen LogP) is 2.83. The number of hydrogen-bond acceptors (Lipinski definition) is 8. The van der Waals surface area contributed by atoms with Crippen LogP contribution in [0.5, 0.6) is 0 Å². The minimum atomic E-state index is -4.12. The molecule has 0 aliphatic rings. The molecular weight excluding hydrogens is 424 g/mol. The van der Waals surface area contributed by atoms with Crippen molar-refractivity contribution in [2.24, 2.45) is 0 Å². The number of thioether (sulfide) groups is 1. The number of carbonyl (C=O) groups is 1. The van der Waals surface area contributed by atoms with Crippen LogP contribution in [0.15, 0.2) is 58.6 Å². The summed E-state index contributed by atoms with van der Waals surface area (Å²) in [4.78, 5) is 15.5. The molecule has 0 unspecified atom stereocenters. The SMILES string of the molecule is COC(=O)c1cccc(S(=O)(=O)n2nc(SCc3ccc(Cl)cc3)nc2N)c1. The van der Waals surface area contributed by atoms with Gasteiger partial charge in [-0.25, -0.2) is 4.79 Å². The number of rotatable bonds is 6. The Bertz CT molecular complexity index is 1110. The first-order valence-corrected chi connectivity index (χ1v) is 10.7. The van der Waals surface area contributed by atoms with Crippen molar-refractivity contribution >= 4 is 45.3 Å². The molecule has 0 fully saturated rings. The lowest BCUT2D eigenvalue weighted by atomic mass is 10.2. The number of hydrogen-bond donors (Lipinski definition) is 1. The van der Waals surface area contributed by atoms with Gasteiger partial charge in [-0.3, -0.25) is 0 Å². The highest BCUT2D eigenvalue weighted by Crippen LogP contribution is 2.24. The van der Waals surface area contributed by atoms with Gasteiger partial charge in [0.1, 0.15) is 0 Å². The first-order chi connectivity index (χ1) is 13.3. The third-order valence-electron chi connectivity index (χ3n) is 3.64. The smallest absolute Gasteiger partial charge is 0.337 e. The van der Waals surface area contributed by atoms with E-state index in [0.717, 1.165) is 5.56 Å². The predicted molar refractivity (Wildman–Crippen MR) is 106 cm³/mol. The number of nitrogens with zero attached hydrogens (tertiary/aromatic N) is 3. The maximum atomic E-state index is 12.8. The van der Waals surface area contributed by atoms with Crippen LogP contribution in [-0.2, 0) is 20.5 Å². The molecule has 0 saturated heterocycles. The monoisotopic (exact) mass is 438 g/mol. The lowest BCUT2D eigenvalue weighted by Gasteiger charge is -2.06. The van der Waals surface area contributed by atoms with Crippen molar-refractivity contribution in [3.63, 3.8) is 0 Å². The standard InChI is InChI=1S/C17H15ClN4O4S2/c1-26-15(23)12-3-2-4-14(9-12)28(24,25)22-16(19)20-17(21-22)27-10-11-5-7-13(18)8-6-11/h2-9H,10H2,1H3,(H2,19,20,21). The molecule has 0 aliphatic heterocycles. The molecule has 11 heteroatoms. The fourth-order valence-electron chi connectivity index (χ4n) is 2.26. The largest absolute Gasteiger partial charge is 0.465 e. The Balaban J connectivity index is 1.85. The molecule has 0 amide bonds. The van der Waals surface area contributed by atoms with Gasteiger partial charge >= 0.3 is 5.97 Å². The van der Waals surface area contributed by atoms with Gasteiger partial charge in [0.05, 0.1) is 17.6 Å². The second kappa shape index (κ2) is 8.21. The molecule has 0 radical (unpaired) electrons. The molecule has 1 heterocycles. The Morgan fingerprint density at radius 1 is 1.25 bits per heavy atom. The number of ether oxygens (including phenoxy) is 1. The van der Waals surface area contributed by atoms with Crippen molar-refractivity contribution in [2.75, 3.05) is 12.8 Å². The average Bonchev–Trinajstić information content (AvgIpc) is 3.08. The van der Waals surface area contributed by atoms with Gasteiger partial charge in [-0.05, 0) is 35.9 Å². The summed E-state index contributed by atoms with van der Waals surface area (Å²) >= 11 is 7.09. The molecule has 3 aromatic rings. The lowest BCUT2D eigenvalue weighted by Crippen LogP contribution is -2.17. The first-order valence-electron chi connectivity index (χ1n) is 7.85. The van der Waals surface area contributed by atoms with Crippen LogP contribution in [0, 0.1) is 0 Å². The summed E-state index contributed by atoms with van der Waals surface area (Å²) in [6, 6.07) is 12.6. The molecule has 0 saturated carbocycles. The number of methoxy groups -OCH3 is 1. The number of esters is 1. The minimum absolute atomic E-state index is 0.0969. The topological polar surface area (TPSA) is 117 Å². The zero-order valence-corrected chi connectivity index (χ0v) is 17.0. The zero-order valence-electron chi connectivity index (χ0n) is 14.6. The number of anilines is 1. The highest BCUT2D eigenvalue weighted by atomic mass is 35.5. The van der Waals surface area contributed by atoms with Gasteiger partial charge < -0.3 is 10.5 Å². The van der Waals surface area contributed by atoms with Crippen molar-refractivity contribution in [1.29, 1.82) is 0 Å². The highest BCUT2D eigenvalue weighted by Gasteiger charge is 2.24. The molecule has 146 valence electrons. The molecule has 0 aliphatic carbocycles. The third-order valence-corrected chi connectivity index (χ3v) is 6.38. The van der Waals surface area contributed by atoms with Crippen molar-refractivity contribution in [3.8, 4) is 0 Å². The molecule has 28 heavy (non-hydrogen) atoms. The van der Waals surface area contributed by atoms with Crippen LogP contribution in [0.2, 0.25) is 5.02 Å². The summed E-state index contributed by atoms with van der Waals surface area (Å²) in [6.07, 6.45) is 0. The number of halogens is 1. The van der Waals surface area contributed by atoms with Crippen molar-refractivity contribution in [1.82, 2.24) is 14.2 Å². The van der Waals surface area contributed by atoms with Crippen LogP contribution in [0.25, 0.3) is 0 Å². The summed E-state index contributed by atoms with van der Waals surface area (Å²) in [5.74, 6) is -0.414. The van der Waals surface area contributed by atoms with Gasteiger partial charge in [0, 0.05) is 10.8 Å². The number of aromatic nitrogens is 3. The Kier molecular flexibility index (Phi) is 5.92. The molecule has 0 bridgehead atoms. The minimum Gasteiger partial charge on any atom is -0.465 e. The fourth-order valence-corrected chi connectivity index (χ4v) is 4.42. The van der Waals surface area contributed by atoms with Crippen molar-refractivity contribution in [2.45, 2.75) is 15.8 Å². The number of benzene rings is 2. The van der Waals surface area contributed by atoms with Crippen LogP contribution in [0.3, 0.4) is 0 Å². The van der Waals surface area contributed by atoms with Crippen LogP contribution in [-0.4, -0.2) is 35.7 Å². The summed E-state index contributed by atoms with van der Waals surface area (Å²) in [5.41, 5.74) is 6.83. The van der Waals surface area contributed by atoms with E-state index in [1.54, 1.807) is 12.1 Å². The molecule has 2 aromatic carbocycles. The second-order valence-electron chi connectivity index (χ2n) is 5.54. The third kappa shape index (κ3) is 4.29. The van der Waals surface area contributed by atoms with E-state index in [1.165, 1.54) is 43.1 Å². The van der Waals surface area contributed by atoms with E-state index in [-0.39, 0.29) is 21.6 Å². The van der Waals surface area contributed by atoms with Crippen molar-refractivity contribution in [3.05, 3.63) is 64.7 Å². The number of nitrogens with two attached hydrogens (primary N) is 1. The fraction of sp³-hybridized carbons (Fsp3) is 0.118. The van der Waals surface area contributed by atoms with E-state index in [9.17, 15) is 13.2 Å². The lowest BCUT2D eigenvalue weighted by molar-refractivity contribution is 0.0600. The summed E-state index contributed by atoms with van der Waals surface area (Å²) in [7, 11) is -2.91. The van der Waals surface area contributed by atoms with Crippen LogP contribution in [0.4, 0.5) is 5.95 Å². The van der Waals surface area contributed by atoms with Gasteiger partial charge in [-0.2, -0.15) is 13.4 Å².